The number of hydrogen-bond donors (Lipinski definition) is 1. The zero-order chi connectivity index (χ0) is 21.5. The van der Waals surface area contributed by atoms with E-state index in [0.29, 0.717) is 23.9 Å². The van der Waals surface area contributed by atoms with E-state index in [9.17, 15) is 19.2 Å². The molecule has 0 radical (unpaired) electrons. The Balaban J connectivity index is 1.91. The molecule has 1 unspecified atom stereocenters. The van der Waals surface area contributed by atoms with Gasteiger partial charge in [-0.25, -0.2) is 4.79 Å². The number of nitrogens with zero attached hydrogens (tertiary/aromatic N) is 1. The highest BCUT2D eigenvalue weighted by atomic mass is 16.7. The molecule has 1 atom stereocenters. The quantitative estimate of drug-likeness (QED) is 0.309. The SMILES string of the molecule is CCC(C)COCCCCCCCNC(=O)CCCC(=O)ON1C(=O)CCC1=O. The van der Waals surface area contributed by atoms with E-state index in [1.54, 1.807) is 0 Å². The second-order valence-corrected chi connectivity index (χ2v) is 7.60. The van der Waals surface area contributed by atoms with Gasteiger partial charge in [-0.05, 0) is 25.2 Å². The molecule has 0 bridgehead atoms. The van der Waals surface area contributed by atoms with Gasteiger partial charge in [0.2, 0.25) is 5.91 Å². The predicted molar refractivity (Wildman–Crippen MR) is 107 cm³/mol. The van der Waals surface area contributed by atoms with Gasteiger partial charge in [0.25, 0.3) is 11.8 Å². The molecule has 1 aliphatic heterocycles. The van der Waals surface area contributed by atoms with Gasteiger partial charge in [-0.1, -0.05) is 39.5 Å². The van der Waals surface area contributed by atoms with Gasteiger partial charge in [0.1, 0.15) is 0 Å². The maximum Gasteiger partial charge on any atom is 0.333 e. The number of amides is 3. The molecule has 0 aromatic carbocycles. The number of unbranched alkanes of at least 4 members (excludes halogenated alkanes) is 4. The maximum atomic E-state index is 11.8. The molecule has 1 N–H and O–H groups in total. The number of hydroxylamine groups is 2. The first-order chi connectivity index (χ1) is 13.9. The van der Waals surface area contributed by atoms with E-state index in [-0.39, 0.29) is 31.6 Å². The normalized spacial score (nSPS) is 14.9. The van der Waals surface area contributed by atoms with E-state index in [1.165, 1.54) is 0 Å². The summed E-state index contributed by atoms with van der Waals surface area (Å²) >= 11 is 0. The smallest absolute Gasteiger partial charge is 0.333 e. The third-order valence-corrected chi connectivity index (χ3v) is 4.87. The lowest BCUT2D eigenvalue weighted by Gasteiger charge is -2.12. The average Bonchev–Trinajstić information content (AvgIpc) is 3.01. The summed E-state index contributed by atoms with van der Waals surface area (Å²) in [6.07, 6.45) is 7.15. The van der Waals surface area contributed by atoms with E-state index in [1.807, 2.05) is 0 Å². The van der Waals surface area contributed by atoms with E-state index < -0.39 is 17.8 Å². The second-order valence-electron chi connectivity index (χ2n) is 7.60. The minimum absolute atomic E-state index is 0.0103. The van der Waals surface area contributed by atoms with Crippen molar-refractivity contribution in [3.63, 3.8) is 0 Å². The van der Waals surface area contributed by atoms with Crippen LogP contribution in [-0.2, 0) is 28.8 Å². The third-order valence-electron chi connectivity index (χ3n) is 4.87. The minimum atomic E-state index is -0.672. The Morgan fingerprint density at radius 1 is 1.00 bits per heavy atom. The second kappa shape index (κ2) is 15.0. The van der Waals surface area contributed by atoms with Crippen molar-refractivity contribution in [2.24, 2.45) is 5.92 Å². The van der Waals surface area contributed by atoms with Crippen LogP contribution in [0.3, 0.4) is 0 Å². The van der Waals surface area contributed by atoms with Crippen LogP contribution in [0.4, 0.5) is 0 Å². The summed E-state index contributed by atoms with van der Waals surface area (Å²) < 4.78 is 5.62. The van der Waals surface area contributed by atoms with Crippen molar-refractivity contribution in [2.45, 2.75) is 84.5 Å². The lowest BCUT2D eigenvalue weighted by molar-refractivity contribution is -0.197. The predicted octanol–water partition coefficient (Wildman–Crippen LogP) is 2.89. The van der Waals surface area contributed by atoms with Crippen LogP contribution in [0.25, 0.3) is 0 Å². The van der Waals surface area contributed by atoms with Crippen molar-refractivity contribution in [1.29, 1.82) is 0 Å². The Hall–Kier alpha value is -1.96. The molecule has 8 nitrogen and oxygen atoms in total. The zero-order valence-electron chi connectivity index (χ0n) is 17.9. The first-order valence-corrected chi connectivity index (χ1v) is 10.8. The summed E-state index contributed by atoms with van der Waals surface area (Å²) in [4.78, 5) is 50.9. The lowest BCUT2D eigenvalue weighted by atomic mass is 10.1. The van der Waals surface area contributed by atoms with Gasteiger partial charge >= 0.3 is 5.97 Å². The molecule has 0 spiro atoms. The third kappa shape index (κ3) is 11.6. The molecule has 1 aliphatic rings. The van der Waals surface area contributed by atoms with Gasteiger partial charge < -0.3 is 14.9 Å². The topological polar surface area (TPSA) is 102 Å². The Kier molecular flexibility index (Phi) is 12.9. The molecule has 1 saturated heterocycles. The minimum Gasteiger partial charge on any atom is -0.381 e. The van der Waals surface area contributed by atoms with Crippen LogP contribution in [0, 0.1) is 5.92 Å². The van der Waals surface area contributed by atoms with Crippen molar-refractivity contribution < 1.29 is 28.8 Å². The number of ether oxygens (including phenoxy) is 1. The van der Waals surface area contributed by atoms with Crippen molar-refractivity contribution >= 4 is 23.7 Å². The summed E-state index contributed by atoms with van der Waals surface area (Å²) in [6, 6.07) is 0. The molecule has 0 aliphatic carbocycles. The highest BCUT2D eigenvalue weighted by Crippen LogP contribution is 2.13. The molecular weight excluding hydrogens is 376 g/mol. The van der Waals surface area contributed by atoms with Crippen molar-refractivity contribution in [1.82, 2.24) is 10.4 Å². The van der Waals surface area contributed by atoms with Crippen LogP contribution in [0.5, 0.6) is 0 Å². The summed E-state index contributed by atoms with van der Waals surface area (Å²) in [6.45, 7) is 6.66. The fourth-order valence-corrected chi connectivity index (χ4v) is 2.78. The molecule has 3 amide bonds. The molecular formula is C21H36N2O6. The highest BCUT2D eigenvalue weighted by Gasteiger charge is 2.32. The van der Waals surface area contributed by atoms with Crippen molar-refractivity contribution in [2.75, 3.05) is 19.8 Å². The molecule has 29 heavy (non-hydrogen) atoms. The number of carbonyl (C=O) groups excluding carboxylic acids is 4. The fourth-order valence-electron chi connectivity index (χ4n) is 2.78. The van der Waals surface area contributed by atoms with Gasteiger partial charge in [0.05, 0.1) is 0 Å². The molecule has 1 fully saturated rings. The van der Waals surface area contributed by atoms with Crippen LogP contribution in [0.15, 0.2) is 0 Å². The monoisotopic (exact) mass is 412 g/mol. The van der Waals surface area contributed by atoms with E-state index in [0.717, 1.165) is 51.7 Å². The Labute approximate surface area is 173 Å². The number of nitrogens with one attached hydrogen (secondary N) is 1. The van der Waals surface area contributed by atoms with Crippen molar-refractivity contribution in [3.8, 4) is 0 Å². The van der Waals surface area contributed by atoms with Crippen LogP contribution in [0.2, 0.25) is 0 Å². The van der Waals surface area contributed by atoms with Crippen LogP contribution in [0.1, 0.15) is 84.5 Å². The van der Waals surface area contributed by atoms with E-state index in [4.69, 9.17) is 9.57 Å². The lowest BCUT2D eigenvalue weighted by Crippen LogP contribution is -2.32. The standard InChI is InChI=1S/C21H36N2O6/c1-3-17(2)16-28-15-8-6-4-5-7-14-22-18(24)10-9-11-21(27)29-23-19(25)12-13-20(23)26/h17H,3-16H2,1-2H3,(H,22,24). The number of carbonyl (C=O) groups is 4. The average molecular weight is 413 g/mol. The highest BCUT2D eigenvalue weighted by molar-refractivity contribution is 6.01. The van der Waals surface area contributed by atoms with E-state index in [2.05, 4.69) is 19.2 Å². The maximum absolute atomic E-state index is 11.8. The summed E-state index contributed by atoms with van der Waals surface area (Å²) in [7, 11) is 0. The van der Waals surface area contributed by atoms with Gasteiger partial charge in [0, 0.05) is 45.4 Å². The number of hydrogen-bond acceptors (Lipinski definition) is 6. The van der Waals surface area contributed by atoms with Gasteiger partial charge in [-0.15, -0.1) is 5.06 Å². The zero-order valence-corrected chi connectivity index (χ0v) is 17.9. The molecule has 0 saturated carbocycles. The van der Waals surface area contributed by atoms with E-state index >= 15 is 0 Å². The first-order valence-electron chi connectivity index (χ1n) is 10.8. The Morgan fingerprint density at radius 3 is 2.34 bits per heavy atom. The number of imide groups is 1. The molecule has 0 aromatic heterocycles. The Bertz CT molecular complexity index is 521. The molecule has 1 rings (SSSR count). The van der Waals surface area contributed by atoms with Crippen LogP contribution >= 0.6 is 0 Å². The van der Waals surface area contributed by atoms with Crippen LogP contribution in [-0.4, -0.2) is 48.5 Å². The molecule has 166 valence electrons. The molecule has 8 heteroatoms. The van der Waals surface area contributed by atoms with Gasteiger partial charge in [0.15, 0.2) is 0 Å². The van der Waals surface area contributed by atoms with Crippen LogP contribution < -0.4 is 5.32 Å². The molecule has 1 heterocycles. The summed E-state index contributed by atoms with van der Waals surface area (Å²) in [5.74, 6) is -1.15. The largest absolute Gasteiger partial charge is 0.381 e. The van der Waals surface area contributed by atoms with Crippen molar-refractivity contribution in [3.05, 3.63) is 0 Å². The Morgan fingerprint density at radius 2 is 1.66 bits per heavy atom. The first kappa shape index (κ1) is 25.1. The number of rotatable bonds is 16. The van der Waals surface area contributed by atoms with Gasteiger partial charge in [-0.2, -0.15) is 0 Å². The summed E-state index contributed by atoms with van der Waals surface area (Å²) in [5, 5.41) is 3.37. The summed E-state index contributed by atoms with van der Waals surface area (Å²) in [5.41, 5.74) is 0. The fraction of sp³-hybridized carbons (Fsp3) is 0.810. The van der Waals surface area contributed by atoms with Gasteiger partial charge in [-0.3, -0.25) is 14.4 Å². The molecule has 0 aromatic rings.